The molecule has 2 N–H and O–H groups in total. The molecule has 2 rings (SSSR count). The van der Waals surface area contributed by atoms with Crippen molar-refractivity contribution in [3.63, 3.8) is 0 Å². The maximum Gasteiger partial charge on any atom is 0.223 e. The van der Waals surface area contributed by atoms with E-state index in [0.717, 1.165) is 38.9 Å². The lowest BCUT2D eigenvalue weighted by Crippen LogP contribution is -2.43. The maximum atomic E-state index is 12.2. The Morgan fingerprint density at radius 3 is 2.75 bits per heavy atom. The molecule has 0 aromatic heterocycles. The van der Waals surface area contributed by atoms with E-state index in [0.29, 0.717) is 12.1 Å². The van der Waals surface area contributed by atoms with E-state index in [1.54, 1.807) is 0 Å². The maximum absolute atomic E-state index is 12.2. The Morgan fingerprint density at radius 1 is 1.38 bits per heavy atom. The predicted octanol–water partition coefficient (Wildman–Crippen LogP) is 2.82. The minimum absolute atomic E-state index is 0. The number of nitrogens with zero attached hydrogens (tertiary/aromatic N) is 1. The monoisotopic (exact) mass is 353 g/mol. The molecule has 24 heavy (non-hydrogen) atoms. The first-order valence-electron chi connectivity index (χ1n) is 8.81. The molecule has 1 aromatic rings. The number of benzene rings is 1. The summed E-state index contributed by atoms with van der Waals surface area (Å²) >= 11 is 0. The lowest BCUT2D eigenvalue weighted by molar-refractivity contribution is -0.126. The normalized spacial score (nSPS) is 21.8. The molecule has 3 atom stereocenters. The molecule has 0 bridgehead atoms. The van der Waals surface area contributed by atoms with E-state index in [1.165, 1.54) is 5.56 Å². The fraction of sp³-hybridized carbons (Fsp3) is 0.632. The fourth-order valence-corrected chi connectivity index (χ4v) is 3.17. The highest BCUT2D eigenvalue weighted by Crippen LogP contribution is 2.16. The van der Waals surface area contributed by atoms with Crippen LogP contribution in [0.5, 0.6) is 0 Å². The van der Waals surface area contributed by atoms with Crippen LogP contribution < -0.4 is 10.6 Å². The van der Waals surface area contributed by atoms with Crippen LogP contribution in [-0.2, 0) is 11.3 Å². The van der Waals surface area contributed by atoms with Crippen molar-refractivity contribution in [2.75, 3.05) is 20.1 Å². The van der Waals surface area contributed by atoms with Crippen LogP contribution in [-0.4, -0.2) is 43.0 Å². The molecule has 0 saturated carbocycles. The molecule has 1 saturated heterocycles. The third-order valence-electron chi connectivity index (χ3n) is 4.88. The summed E-state index contributed by atoms with van der Waals surface area (Å²) in [6.07, 6.45) is 2.89. The second-order valence-corrected chi connectivity index (χ2v) is 6.91. The highest BCUT2D eigenvalue weighted by atomic mass is 35.5. The van der Waals surface area contributed by atoms with Crippen molar-refractivity contribution >= 4 is 18.3 Å². The van der Waals surface area contributed by atoms with Crippen molar-refractivity contribution in [3.05, 3.63) is 35.9 Å². The first-order valence-corrected chi connectivity index (χ1v) is 8.81. The highest BCUT2D eigenvalue weighted by Gasteiger charge is 2.24. The summed E-state index contributed by atoms with van der Waals surface area (Å²) in [5, 5.41) is 6.52. The van der Waals surface area contributed by atoms with Gasteiger partial charge in [-0.3, -0.25) is 9.69 Å². The number of nitrogens with one attached hydrogen (secondary N) is 2. The van der Waals surface area contributed by atoms with Crippen molar-refractivity contribution in [2.45, 2.75) is 51.7 Å². The molecule has 1 aromatic carbocycles. The number of hydrogen-bond donors (Lipinski definition) is 2. The number of carbonyl (C=O) groups excluding carboxylic acids is 1. The zero-order valence-electron chi connectivity index (χ0n) is 15.1. The summed E-state index contributed by atoms with van der Waals surface area (Å²) in [7, 11) is 2.15. The zero-order chi connectivity index (χ0) is 16.7. The Hall–Kier alpha value is -1.10. The third-order valence-corrected chi connectivity index (χ3v) is 4.88. The van der Waals surface area contributed by atoms with Gasteiger partial charge in [0, 0.05) is 31.1 Å². The molecule has 1 aliphatic heterocycles. The standard InChI is InChI=1S/C19H31N3O.ClH/c1-15-13-18(10-12-20-15)19(23)21-11-9-16(2)22(3)14-17-7-5-4-6-8-17;/h4-8,15-16,18,20H,9-14H2,1-3H3,(H,21,23);1H/t15-,16?,18-;/m0./s1. The van der Waals surface area contributed by atoms with E-state index in [9.17, 15) is 4.79 Å². The molecule has 1 aliphatic rings. The van der Waals surface area contributed by atoms with Crippen molar-refractivity contribution in [1.82, 2.24) is 15.5 Å². The summed E-state index contributed by atoms with van der Waals surface area (Å²) < 4.78 is 0. The Bertz CT molecular complexity index is 483. The minimum atomic E-state index is 0. The quantitative estimate of drug-likeness (QED) is 0.792. The predicted molar refractivity (Wildman–Crippen MR) is 102 cm³/mol. The number of piperidine rings is 1. The first-order chi connectivity index (χ1) is 11.1. The van der Waals surface area contributed by atoms with E-state index < -0.39 is 0 Å². The van der Waals surface area contributed by atoms with E-state index >= 15 is 0 Å². The van der Waals surface area contributed by atoms with Crippen molar-refractivity contribution in [1.29, 1.82) is 0 Å². The minimum Gasteiger partial charge on any atom is -0.356 e. The number of hydrogen-bond acceptors (Lipinski definition) is 3. The van der Waals surface area contributed by atoms with E-state index in [1.807, 2.05) is 6.07 Å². The molecule has 0 aliphatic carbocycles. The van der Waals surface area contributed by atoms with Crippen molar-refractivity contribution in [3.8, 4) is 0 Å². The van der Waals surface area contributed by atoms with Crippen LogP contribution >= 0.6 is 12.4 Å². The van der Waals surface area contributed by atoms with Gasteiger partial charge in [0.05, 0.1) is 0 Å². The van der Waals surface area contributed by atoms with Crippen LogP contribution in [0.1, 0.15) is 38.7 Å². The van der Waals surface area contributed by atoms with Crippen LogP contribution in [0.3, 0.4) is 0 Å². The van der Waals surface area contributed by atoms with E-state index in [-0.39, 0.29) is 24.2 Å². The van der Waals surface area contributed by atoms with Gasteiger partial charge in [-0.2, -0.15) is 0 Å². The zero-order valence-corrected chi connectivity index (χ0v) is 15.9. The van der Waals surface area contributed by atoms with Crippen molar-refractivity contribution in [2.24, 2.45) is 5.92 Å². The van der Waals surface area contributed by atoms with Gasteiger partial charge < -0.3 is 10.6 Å². The lowest BCUT2D eigenvalue weighted by Gasteiger charge is -2.28. The number of amides is 1. The van der Waals surface area contributed by atoms with Crippen molar-refractivity contribution < 1.29 is 4.79 Å². The molecule has 1 heterocycles. The Labute approximate surface area is 152 Å². The molecule has 5 heteroatoms. The number of halogens is 1. The van der Waals surface area contributed by atoms with Crippen LogP contribution in [0.4, 0.5) is 0 Å². The fourth-order valence-electron chi connectivity index (χ4n) is 3.17. The van der Waals surface area contributed by atoms with Gasteiger partial charge in [-0.15, -0.1) is 12.4 Å². The Balaban J connectivity index is 0.00000288. The molecule has 1 fully saturated rings. The molecule has 1 unspecified atom stereocenters. The van der Waals surface area contributed by atoms with Crippen LogP contribution in [0.2, 0.25) is 0 Å². The first kappa shape index (κ1) is 20.9. The average Bonchev–Trinajstić information content (AvgIpc) is 2.55. The van der Waals surface area contributed by atoms with Gasteiger partial charge in [-0.25, -0.2) is 0 Å². The Kier molecular flexibility index (Phi) is 9.34. The molecular formula is C19H32ClN3O. The second-order valence-electron chi connectivity index (χ2n) is 6.91. The molecule has 136 valence electrons. The largest absolute Gasteiger partial charge is 0.356 e. The van der Waals surface area contributed by atoms with Crippen LogP contribution in [0.15, 0.2) is 30.3 Å². The number of rotatable bonds is 7. The average molecular weight is 354 g/mol. The molecular weight excluding hydrogens is 322 g/mol. The van der Waals surface area contributed by atoms with E-state index in [4.69, 9.17) is 0 Å². The summed E-state index contributed by atoms with van der Waals surface area (Å²) in [5.74, 6) is 0.417. The molecule has 0 radical (unpaired) electrons. The van der Waals surface area contributed by atoms with Gasteiger partial charge in [-0.1, -0.05) is 30.3 Å². The third kappa shape index (κ3) is 6.80. The van der Waals surface area contributed by atoms with Gasteiger partial charge in [0.15, 0.2) is 0 Å². The van der Waals surface area contributed by atoms with Gasteiger partial charge >= 0.3 is 0 Å². The number of carbonyl (C=O) groups is 1. The molecule has 4 nitrogen and oxygen atoms in total. The van der Waals surface area contributed by atoms with Gasteiger partial charge in [0.25, 0.3) is 0 Å². The van der Waals surface area contributed by atoms with Crippen LogP contribution in [0, 0.1) is 5.92 Å². The highest BCUT2D eigenvalue weighted by molar-refractivity contribution is 5.85. The molecule has 0 spiro atoms. The Morgan fingerprint density at radius 2 is 2.08 bits per heavy atom. The van der Waals surface area contributed by atoms with Gasteiger partial charge in [-0.05, 0) is 52.3 Å². The second kappa shape index (κ2) is 10.7. The lowest BCUT2D eigenvalue weighted by atomic mass is 9.92. The van der Waals surface area contributed by atoms with Gasteiger partial charge in [0.2, 0.25) is 5.91 Å². The topological polar surface area (TPSA) is 44.4 Å². The summed E-state index contributed by atoms with van der Waals surface area (Å²) in [6.45, 7) is 7.04. The summed E-state index contributed by atoms with van der Waals surface area (Å²) in [5.41, 5.74) is 1.33. The van der Waals surface area contributed by atoms with Gasteiger partial charge in [0.1, 0.15) is 0 Å². The summed E-state index contributed by atoms with van der Waals surface area (Å²) in [6, 6.07) is 11.4. The SMILES string of the molecule is CC(CCNC(=O)[C@H]1CCN[C@@H](C)C1)N(C)Cc1ccccc1.Cl. The summed E-state index contributed by atoms with van der Waals surface area (Å²) in [4.78, 5) is 14.6. The smallest absolute Gasteiger partial charge is 0.223 e. The van der Waals surface area contributed by atoms with Crippen LogP contribution in [0.25, 0.3) is 0 Å². The molecule has 1 amide bonds. The van der Waals surface area contributed by atoms with E-state index in [2.05, 4.69) is 60.7 Å².